The van der Waals surface area contributed by atoms with Gasteiger partial charge in [-0.15, -0.1) is 0 Å². The Bertz CT molecular complexity index is 326. The van der Waals surface area contributed by atoms with Gasteiger partial charge in [-0.05, 0) is 20.4 Å². The number of hydrogen-bond donors (Lipinski definition) is 1. The summed E-state index contributed by atoms with van der Waals surface area (Å²) in [5.41, 5.74) is -0.877. The number of nitrogens with one attached hydrogen (secondary N) is 1. The number of likely N-dealkylation sites (N-methyl/N-ethyl adjacent to an activating group) is 1. The molecule has 17 heavy (non-hydrogen) atoms. The van der Waals surface area contributed by atoms with Crippen molar-refractivity contribution in [1.29, 1.82) is 0 Å². The Morgan fingerprint density at radius 1 is 1.41 bits per heavy atom. The maximum Gasteiger partial charge on any atom is 0.325 e. The molecule has 1 N–H and O–H groups in total. The third-order valence-electron chi connectivity index (χ3n) is 3.18. The van der Waals surface area contributed by atoms with Crippen LogP contribution in [0.1, 0.15) is 26.2 Å². The van der Waals surface area contributed by atoms with Gasteiger partial charge in [-0.3, -0.25) is 19.3 Å². The van der Waals surface area contributed by atoms with Crippen LogP contribution in [0.3, 0.4) is 0 Å². The molecule has 0 saturated carbocycles. The van der Waals surface area contributed by atoms with Gasteiger partial charge in [0.2, 0.25) is 11.8 Å². The van der Waals surface area contributed by atoms with E-state index in [1.807, 2.05) is 0 Å². The Labute approximate surface area is 100 Å². The van der Waals surface area contributed by atoms with E-state index in [9.17, 15) is 14.4 Å². The van der Waals surface area contributed by atoms with Crippen LogP contribution < -0.4 is 5.32 Å². The average Bonchev–Trinajstić information content (AvgIpc) is 2.65. The number of methoxy groups -OCH3 is 1. The smallest absolute Gasteiger partial charge is 0.325 e. The monoisotopic (exact) mass is 242 g/mol. The topological polar surface area (TPSA) is 75.7 Å². The summed E-state index contributed by atoms with van der Waals surface area (Å²) in [6.07, 6.45) is 0.883. The number of likely N-dealkylation sites (tertiary alicyclic amines) is 1. The molecular formula is C11H18N2O4. The minimum atomic E-state index is -0.877. The van der Waals surface area contributed by atoms with E-state index < -0.39 is 11.5 Å². The zero-order valence-electron chi connectivity index (χ0n) is 10.4. The molecule has 0 aromatic carbocycles. The number of imide groups is 1. The summed E-state index contributed by atoms with van der Waals surface area (Å²) >= 11 is 0. The quantitative estimate of drug-likeness (QED) is 0.528. The highest BCUT2D eigenvalue weighted by atomic mass is 16.5. The predicted molar refractivity (Wildman–Crippen MR) is 60.1 cm³/mol. The molecule has 0 radical (unpaired) electrons. The van der Waals surface area contributed by atoms with Crippen LogP contribution >= 0.6 is 0 Å². The van der Waals surface area contributed by atoms with Crippen molar-refractivity contribution in [2.24, 2.45) is 0 Å². The molecule has 6 heteroatoms. The molecule has 1 rings (SSSR count). The number of rotatable bonds is 5. The summed E-state index contributed by atoms with van der Waals surface area (Å²) in [6.45, 7) is 1.92. The summed E-state index contributed by atoms with van der Waals surface area (Å²) in [6, 6.07) is 0. The van der Waals surface area contributed by atoms with Gasteiger partial charge in [-0.2, -0.15) is 0 Å². The van der Waals surface area contributed by atoms with Crippen LogP contribution in [0.4, 0.5) is 0 Å². The number of carbonyl (C=O) groups is 3. The van der Waals surface area contributed by atoms with Crippen LogP contribution in [0.5, 0.6) is 0 Å². The van der Waals surface area contributed by atoms with Crippen LogP contribution in [0.15, 0.2) is 0 Å². The molecule has 6 nitrogen and oxygen atoms in total. The number of ether oxygens (including phenoxy) is 1. The molecule has 1 atom stereocenters. The van der Waals surface area contributed by atoms with Gasteiger partial charge in [-0.25, -0.2) is 0 Å². The van der Waals surface area contributed by atoms with Crippen LogP contribution in [-0.2, 0) is 19.1 Å². The fraction of sp³-hybridized carbons (Fsp3) is 0.727. The first-order valence-electron chi connectivity index (χ1n) is 5.55. The zero-order valence-corrected chi connectivity index (χ0v) is 10.4. The molecule has 0 bridgehead atoms. The van der Waals surface area contributed by atoms with E-state index in [2.05, 4.69) is 10.1 Å². The molecule has 1 unspecified atom stereocenters. The minimum Gasteiger partial charge on any atom is -0.468 e. The Morgan fingerprint density at radius 3 is 2.35 bits per heavy atom. The third kappa shape index (κ3) is 2.82. The van der Waals surface area contributed by atoms with Gasteiger partial charge in [0.05, 0.1) is 7.11 Å². The lowest BCUT2D eigenvalue weighted by Gasteiger charge is -2.27. The molecule has 0 spiro atoms. The Kier molecular flexibility index (Phi) is 4.22. The second kappa shape index (κ2) is 5.27. The van der Waals surface area contributed by atoms with E-state index in [0.717, 1.165) is 0 Å². The van der Waals surface area contributed by atoms with Crippen molar-refractivity contribution in [3.63, 3.8) is 0 Å². The van der Waals surface area contributed by atoms with E-state index in [1.54, 1.807) is 14.0 Å². The third-order valence-corrected chi connectivity index (χ3v) is 3.18. The van der Waals surface area contributed by atoms with Gasteiger partial charge in [0.25, 0.3) is 0 Å². The standard InChI is InChI=1S/C11H18N2O4/c1-11(12-2,10(16)17-3)6-7-13-8(14)4-5-9(13)15/h12H,4-7H2,1-3H3. The van der Waals surface area contributed by atoms with Crippen molar-refractivity contribution in [3.05, 3.63) is 0 Å². The van der Waals surface area contributed by atoms with E-state index in [1.165, 1.54) is 12.0 Å². The maximum absolute atomic E-state index is 11.6. The lowest BCUT2D eigenvalue weighted by molar-refractivity contribution is -0.149. The average molecular weight is 242 g/mol. The van der Waals surface area contributed by atoms with Gasteiger partial charge in [-0.1, -0.05) is 0 Å². The SMILES string of the molecule is CNC(C)(CCN1C(=O)CCC1=O)C(=O)OC. The predicted octanol–water partition coefficient (Wildman–Crippen LogP) is -0.323. The summed E-state index contributed by atoms with van der Waals surface area (Å²) in [4.78, 5) is 35.6. The molecular weight excluding hydrogens is 224 g/mol. The van der Waals surface area contributed by atoms with Crippen molar-refractivity contribution < 1.29 is 19.1 Å². The normalized spacial score (nSPS) is 19.4. The molecule has 1 aliphatic rings. The van der Waals surface area contributed by atoms with Crippen molar-refractivity contribution in [1.82, 2.24) is 10.2 Å². The number of nitrogens with zero attached hydrogens (tertiary/aromatic N) is 1. The van der Waals surface area contributed by atoms with Crippen molar-refractivity contribution >= 4 is 17.8 Å². The van der Waals surface area contributed by atoms with Gasteiger partial charge < -0.3 is 10.1 Å². The van der Waals surface area contributed by atoms with E-state index in [4.69, 9.17) is 0 Å². The van der Waals surface area contributed by atoms with Crippen LogP contribution in [0.25, 0.3) is 0 Å². The molecule has 1 saturated heterocycles. The van der Waals surface area contributed by atoms with Crippen molar-refractivity contribution in [2.45, 2.75) is 31.7 Å². The summed E-state index contributed by atoms with van der Waals surface area (Å²) < 4.78 is 4.69. The first-order valence-corrected chi connectivity index (χ1v) is 5.55. The van der Waals surface area contributed by atoms with Crippen molar-refractivity contribution in [2.75, 3.05) is 20.7 Å². The molecule has 0 aromatic rings. The second-order valence-electron chi connectivity index (χ2n) is 4.26. The lowest BCUT2D eigenvalue weighted by Crippen LogP contribution is -2.50. The summed E-state index contributed by atoms with van der Waals surface area (Å²) in [7, 11) is 2.95. The summed E-state index contributed by atoms with van der Waals surface area (Å²) in [5, 5.41) is 2.86. The Morgan fingerprint density at radius 2 is 1.94 bits per heavy atom. The highest BCUT2D eigenvalue weighted by Crippen LogP contribution is 2.17. The second-order valence-corrected chi connectivity index (χ2v) is 4.26. The molecule has 0 aliphatic carbocycles. The number of amides is 2. The highest BCUT2D eigenvalue weighted by Gasteiger charge is 2.36. The minimum absolute atomic E-state index is 0.168. The number of hydrogen-bond acceptors (Lipinski definition) is 5. The zero-order chi connectivity index (χ0) is 13.1. The van der Waals surface area contributed by atoms with Gasteiger partial charge in [0, 0.05) is 19.4 Å². The van der Waals surface area contributed by atoms with Crippen LogP contribution in [-0.4, -0.2) is 48.9 Å². The molecule has 96 valence electrons. The fourth-order valence-corrected chi connectivity index (χ4v) is 1.76. The number of carbonyl (C=O) groups excluding carboxylic acids is 3. The first-order chi connectivity index (χ1) is 7.94. The largest absolute Gasteiger partial charge is 0.468 e. The number of esters is 1. The highest BCUT2D eigenvalue weighted by molar-refractivity contribution is 6.01. The molecule has 2 amide bonds. The lowest BCUT2D eigenvalue weighted by atomic mass is 9.98. The molecule has 1 fully saturated rings. The Balaban J connectivity index is 2.62. The Hall–Kier alpha value is -1.43. The van der Waals surface area contributed by atoms with Crippen LogP contribution in [0, 0.1) is 0 Å². The molecule has 1 aliphatic heterocycles. The first kappa shape index (κ1) is 13.6. The molecule has 0 aromatic heterocycles. The van der Waals surface area contributed by atoms with Gasteiger partial charge in [0.15, 0.2) is 0 Å². The van der Waals surface area contributed by atoms with Crippen LogP contribution in [0.2, 0.25) is 0 Å². The van der Waals surface area contributed by atoms with Crippen molar-refractivity contribution in [3.8, 4) is 0 Å². The van der Waals surface area contributed by atoms with Gasteiger partial charge in [0.1, 0.15) is 5.54 Å². The van der Waals surface area contributed by atoms with Gasteiger partial charge >= 0.3 is 5.97 Å². The fourth-order valence-electron chi connectivity index (χ4n) is 1.76. The summed E-state index contributed by atoms with van der Waals surface area (Å²) in [5.74, 6) is -0.740. The van der Waals surface area contributed by atoms with E-state index >= 15 is 0 Å². The van der Waals surface area contributed by atoms with E-state index in [0.29, 0.717) is 6.42 Å². The molecule has 1 heterocycles. The van der Waals surface area contributed by atoms with E-state index in [-0.39, 0.29) is 31.2 Å². The maximum atomic E-state index is 11.6.